The molecule has 4 rings (SSSR count). The lowest BCUT2D eigenvalue weighted by Crippen LogP contribution is -2.39. The van der Waals surface area contributed by atoms with Crippen molar-refractivity contribution in [2.75, 3.05) is 5.32 Å². The Balaban J connectivity index is 1.46. The van der Waals surface area contributed by atoms with Gasteiger partial charge in [-0.15, -0.1) is 0 Å². The summed E-state index contributed by atoms with van der Waals surface area (Å²) < 4.78 is 14.6. The van der Waals surface area contributed by atoms with E-state index in [1.807, 2.05) is 31.3 Å². The highest BCUT2D eigenvalue weighted by Gasteiger charge is 2.16. The molecule has 0 spiro atoms. The predicted octanol–water partition coefficient (Wildman–Crippen LogP) is 3.50. The highest BCUT2D eigenvalue weighted by molar-refractivity contribution is 7.18. The monoisotopic (exact) mass is 411 g/mol. The van der Waals surface area contributed by atoms with Gasteiger partial charge < -0.3 is 16.0 Å². The summed E-state index contributed by atoms with van der Waals surface area (Å²) in [5.41, 5.74) is 9.85. The van der Waals surface area contributed by atoms with Gasteiger partial charge in [-0.2, -0.15) is 0 Å². The number of fused-ring (bicyclic) bond motifs is 1. The molecule has 0 aliphatic heterocycles. The molecule has 150 valence electrons. The fourth-order valence-corrected chi connectivity index (χ4v) is 4.13. The van der Waals surface area contributed by atoms with Gasteiger partial charge in [-0.3, -0.25) is 4.57 Å². The molecule has 4 N–H and O–H groups in total. The molecule has 0 aliphatic carbocycles. The van der Waals surface area contributed by atoms with E-state index in [0.29, 0.717) is 6.42 Å². The van der Waals surface area contributed by atoms with Crippen LogP contribution in [-0.2, 0) is 13.5 Å². The van der Waals surface area contributed by atoms with E-state index < -0.39 is 0 Å². The standard InChI is InChI=1S/C21H22FN5OS/c1-12(16(23)9-13-3-6-15(22)7-4-13)25-20-24-11-19(29-20)14-5-8-17-18(10-14)27(2)21(28)26-17/h3-8,10-12,16H,9,23H2,1-2H3,(H,24,25)(H,26,28)/t12-,16+/m1/s1. The summed E-state index contributed by atoms with van der Waals surface area (Å²) >= 11 is 1.54. The first kappa shape index (κ1) is 19.4. The number of imidazole rings is 1. The number of benzene rings is 2. The summed E-state index contributed by atoms with van der Waals surface area (Å²) in [5.74, 6) is -0.248. The number of hydrogen-bond donors (Lipinski definition) is 3. The zero-order valence-electron chi connectivity index (χ0n) is 16.1. The Kier molecular flexibility index (Phi) is 5.21. The lowest BCUT2D eigenvalue weighted by Gasteiger charge is -2.21. The van der Waals surface area contributed by atoms with Gasteiger partial charge in [-0.25, -0.2) is 14.2 Å². The van der Waals surface area contributed by atoms with Crippen molar-refractivity contribution in [1.82, 2.24) is 14.5 Å². The number of aromatic nitrogens is 3. The zero-order chi connectivity index (χ0) is 20.5. The third-order valence-corrected chi connectivity index (χ3v) is 6.05. The van der Waals surface area contributed by atoms with Crippen molar-refractivity contribution in [3.05, 3.63) is 70.5 Å². The van der Waals surface area contributed by atoms with E-state index in [-0.39, 0.29) is 23.6 Å². The summed E-state index contributed by atoms with van der Waals surface area (Å²) in [5, 5.41) is 4.15. The van der Waals surface area contributed by atoms with Crippen LogP contribution in [0.2, 0.25) is 0 Å². The molecular weight excluding hydrogens is 389 g/mol. The van der Waals surface area contributed by atoms with Crippen molar-refractivity contribution < 1.29 is 4.39 Å². The van der Waals surface area contributed by atoms with Crippen LogP contribution in [0.15, 0.2) is 53.5 Å². The van der Waals surface area contributed by atoms with E-state index in [0.717, 1.165) is 32.2 Å². The minimum atomic E-state index is -0.248. The van der Waals surface area contributed by atoms with Gasteiger partial charge in [0.2, 0.25) is 0 Å². The van der Waals surface area contributed by atoms with Gasteiger partial charge in [0.1, 0.15) is 5.82 Å². The van der Waals surface area contributed by atoms with Crippen LogP contribution in [0.3, 0.4) is 0 Å². The van der Waals surface area contributed by atoms with E-state index in [1.165, 1.54) is 23.5 Å². The number of nitrogens with one attached hydrogen (secondary N) is 2. The molecule has 6 nitrogen and oxygen atoms in total. The maximum absolute atomic E-state index is 13.1. The van der Waals surface area contributed by atoms with Crippen molar-refractivity contribution in [3.63, 3.8) is 0 Å². The van der Waals surface area contributed by atoms with Gasteiger partial charge in [0, 0.05) is 25.3 Å². The van der Waals surface area contributed by atoms with Crippen LogP contribution in [-0.4, -0.2) is 26.6 Å². The van der Waals surface area contributed by atoms with Crippen LogP contribution >= 0.6 is 11.3 Å². The number of aryl methyl sites for hydroxylation is 1. The van der Waals surface area contributed by atoms with Gasteiger partial charge in [0.05, 0.1) is 15.9 Å². The molecule has 0 radical (unpaired) electrons. The van der Waals surface area contributed by atoms with Crippen molar-refractivity contribution in [2.24, 2.45) is 12.8 Å². The Hall–Kier alpha value is -2.97. The fourth-order valence-electron chi connectivity index (χ4n) is 3.22. The third kappa shape index (κ3) is 4.08. The summed E-state index contributed by atoms with van der Waals surface area (Å²) in [4.78, 5) is 20.1. The number of H-pyrrole nitrogens is 1. The van der Waals surface area contributed by atoms with E-state index in [1.54, 1.807) is 23.7 Å². The number of aromatic amines is 1. The zero-order valence-corrected chi connectivity index (χ0v) is 17.0. The SMILES string of the molecule is C[C@@H](Nc1ncc(-c2ccc3[nH]c(=O)n(C)c3c2)s1)[C@@H](N)Cc1ccc(F)cc1. The molecule has 2 aromatic carbocycles. The molecule has 0 unspecified atom stereocenters. The predicted molar refractivity (Wildman–Crippen MR) is 116 cm³/mol. The first-order valence-corrected chi connectivity index (χ1v) is 10.1. The number of rotatable bonds is 6. The van der Waals surface area contributed by atoms with Crippen LogP contribution in [0.25, 0.3) is 21.5 Å². The highest BCUT2D eigenvalue weighted by atomic mass is 32.1. The second kappa shape index (κ2) is 7.81. The molecular formula is C21H22FN5OS. The number of halogens is 1. The Morgan fingerprint density at radius 2 is 2.03 bits per heavy atom. The summed E-state index contributed by atoms with van der Waals surface area (Å²) in [6, 6.07) is 12.1. The van der Waals surface area contributed by atoms with Crippen molar-refractivity contribution in [1.29, 1.82) is 0 Å². The van der Waals surface area contributed by atoms with Gasteiger partial charge in [-0.05, 0) is 48.7 Å². The molecule has 0 saturated heterocycles. The highest BCUT2D eigenvalue weighted by Crippen LogP contribution is 2.31. The van der Waals surface area contributed by atoms with Crippen LogP contribution < -0.4 is 16.7 Å². The second-order valence-electron chi connectivity index (χ2n) is 7.18. The Labute approximate surface area is 171 Å². The normalized spacial score (nSPS) is 13.5. The van der Waals surface area contributed by atoms with Gasteiger partial charge in [0.25, 0.3) is 0 Å². The number of thiazole rings is 1. The lowest BCUT2D eigenvalue weighted by molar-refractivity contribution is 0.583. The Morgan fingerprint density at radius 3 is 2.79 bits per heavy atom. The van der Waals surface area contributed by atoms with E-state index in [4.69, 9.17) is 5.73 Å². The molecule has 8 heteroatoms. The maximum atomic E-state index is 13.1. The number of nitrogens with zero attached hydrogens (tertiary/aromatic N) is 2. The topological polar surface area (TPSA) is 88.7 Å². The van der Waals surface area contributed by atoms with Gasteiger partial charge in [-0.1, -0.05) is 29.5 Å². The average Bonchev–Trinajstić information content (AvgIpc) is 3.28. The average molecular weight is 412 g/mol. The number of nitrogens with two attached hydrogens (primary N) is 1. The molecule has 0 amide bonds. The van der Waals surface area contributed by atoms with E-state index in [9.17, 15) is 9.18 Å². The molecule has 4 aromatic rings. The first-order valence-electron chi connectivity index (χ1n) is 9.32. The molecule has 0 bridgehead atoms. The third-order valence-electron chi connectivity index (χ3n) is 5.07. The Bertz CT molecular complexity index is 1190. The maximum Gasteiger partial charge on any atom is 0.326 e. The van der Waals surface area contributed by atoms with E-state index >= 15 is 0 Å². The van der Waals surface area contributed by atoms with Crippen LogP contribution in [0.1, 0.15) is 12.5 Å². The molecule has 0 aliphatic rings. The molecule has 0 saturated carbocycles. The second-order valence-corrected chi connectivity index (χ2v) is 8.21. The van der Waals surface area contributed by atoms with Crippen molar-refractivity contribution in [3.8, 4) is 10.4 Å². The largest absolute Gasteiger partial charge is 0.357 e. The van der Waals surface area contributed by atoms with Crippen LogP contribution in [0, 0.1) is 5.82 Å². The smallest absolute Gasteiger partial charge is 0.326 e. The summed E-state index contributed by atoms with van der Waals surface area (Å²) in [7, 11) is 1.74. The summed E-state index contributed by atoms with van der Waals surface area (Å²) in [6.07, 6.45) is 2.46. The van der Waals surface area contributed by atoms with Crippen LogP contribution in [0.4, 0.5) is 9.52 Å². The van der Waals surface area contributed by atoms with Crippen molar-refractivity contribution in [2.45, 2.75) is 25.4 Å². The summed E-state index contributed by atoms with van der Waals surface area (Å²) in [6.45, 7) is 2.01. The van der Waals surface area contributed by atoms with E-state index in [2.05, 4.69) is 15.3 Å². The minimum Gasteiger partial charge on any atom is -0.357 e. The minimum absolute atomic E-state index is 0.00738. The van der Waals surface area contributed by atoms with Gasteiger partial charge >= 0.3 is 5.69 Å². The molecule has 2 heterocycles. The molecule has 0 fully saturated rings. The number of anilines is 1. The quantitative estimate of drug-likeness (QED) is 0.453. The molecule has 29 heavy (non-hydrogen) atoms. The number of hydrogen-bond acceptors (Lipinski definition) is 5. The fraction of sp³-hybridized carbons (Fsp3) is 0.238. The van der Waals surface area contributed by atoms with Gasteiger partial charge in [0.15, 0.2) is 5.13 Å². The molecule has 2 atom stereocenters. The molecule has 2 aromatic heterocycles. The van der Waals surface area contributed by atoms with Crippen molar-refractivity contribution >= 4 is 27.5 Å². The lowest BCUT2D eigenvalue weighted by atomic mass is 10.0. The first-order chi connectivity index (χ1) is 13.9. The van der Waals surface area contributed by atoms with Crippen LogP contribution in [0.5, 0.6) is 0 Å². The Morgan fingerprint density at radius 1 is 1.28 bits per heavy atom.